The Kier molecular flexibility index (Phi) is 7.20. The summed E-state index contributed by atoms with van der Waals surface area (Å²) in [7, 11) is 1.62. The van der Waals surface area contributed by atoms with Gasteiger partial charge in [0.15, 0.2) is 0 Å². The molecule has 1 amide bonds. The highest BCUT2D eigenvalue weighted by Gasteiger charge is 2.42. The Morgan fingerprint density at radius 2 is 2.24 bits per heavy atom. The highest BCUT2D eigenvalue weighted by molar-refractivity contribution is 5.97. The maximum absolute atomic E-state index is 12.8. The third-order valence-electron chi connectivity index (χ3n) is 4.72. The molecule has 1 heterocycles. The Morgan fingerprint density at radius 3 is 2.88 bits per heavy atom. The molecule has 25 heavy (non-hydrogen) atoms. The van der Waals surface area contributed by atoms with E-state index in [1.807, 2.05) is 19.9 Å². The number of rotatable bonds is 8. The quantitative estimate of drug-likeness (QED) is 0.728. The number of amides is 1. The molecule has 1 saturated carbocycles. The number of anilines is 1. The predicted molar refractivity (Wildman–Crippen MR) is 97.0 cm³/mol. The number of carbonyl (C=O) groups excluding carboxylic acids is 1. The van der Waals surface area contributed by atoms with Crippen molar-refractivity contribution >= 4 is 11.6 Å². The summed E-state index contributed by atoms with van der Waals surface area (Å²) in [4.78, 5) is 17.1. The van der Waals surface area contributed by atoms with Gasteiger partial charge in [0.1, 0.15) is 12.2 Å². The molecule has 0 aliphatic heterocycles. The fourth-order valence-corrected chi connectivity index (χ4v) is 3.36. The lowest BCUT2D eigenvalue weighted by molar-refractivity contribution is -0.143. The van der Waals surface area contributed by atoms with Crippen molar-refractivity contribution in [2.45, 2.75) is 52.1 Å². The van der Waals surface area contributed by atoms with Crippen molar-refractivity contribution in [3.8, 4) is 5.88 Å². The standard InChI is InChI=1S/C19H30N2O4/c1-5-24-9-10-25-17-15(3)11-16(13-20-17)21-18(22)19(23-4)8-6-7-14(2)12-19/h11,13-14H,5-10,12H2,1-4H3,(H,21,22)/t14-,19+/m1/s1. The number of aryl methyl sites for hydroxylation is 1. The molecule has 0 unspecified atom stereocenters. The van der Waals surface area contributed by atoms with Gasteiger partial charge in [-0.3, -0.25) is 4.79 Å². The number of aromatic nitrogens is 1. The second-order valence-corrected chi connectivity index (χ2v) is 6.75. The molecule has 0 bridgehead atoms. The molecule has 140 valence electrons. The molecule has 0 spiro atoms. The van der Waals surface area contributed by atoms with E-state index in [0.717, 1.165) is 31.2 Å². The first-order valence-electron chi connectivity index (χ1n) is 9.04. The van der Waals surface area contributed by atoms with E-state index in [2.05, 4.69) is 17.2 Å². The SMILES string of the molecule is CCOCCOc1ncc(NC(=O)[C@]2(OC)CCC[C@@H](C)C2)cc1C. The van der Waals surface area contributed by atoms with Crippen LogP contribution in [0.3, 0.4) is 0 Å². The van der Waals surface area contributed by atoms with E-state index in [0.29, 0.717) is 37.3 Å². The van der Waals surface area contributed by atoms with Gasteiger partial charge in [-0.05, 0) is 45.1 Å². The molecule has 1 N–H and O–H groups in total. The molecule has 1 aliphatic rings. The van der Waals surface area contributed by atoms with Crippen molar-refractivity contribution < 1.29 is 19.0 Å². The topological polar surface area (TPSA) is 69.7 Å². The van der Waals surface area contributed by atoms with Gasteiger partial charge in [0.25, 0.3) is 5.91 Å². The molecule has 2 rings (SSSR count). The number of hydrogen-bond donors (Lipinski definition) is 1. The van der Waals surface area contributed by atoms with E-state index in [1.165, 1.54) is 0 Å². The average molecular weight is 350 g/mol. The summed E-state index contributed by atoms with van der Waals surface area (Å²) in [6, 6.07) is 1.87. The first-order chi connectivity index (χ1) is 12.0. The van der Waals surface area contributed by atoms with Crippen LogP contribution in [0.15, 0.2) is 12.3 Å². The molecule has 6 heteroatoms. The van der Waals surface area contributed by atoms with Gasteiger partial charge in [-0.2, -0.15) is 0 Å². The van der Waals surface area contributed by atoms with Crippen molar-refractivity contribution in [2.24, 2.45) is 5.92 Å². The van der Waals surface area contributed by atoms with Crippen LogP contribution in [0.5, 0.6) is 5.88 Å². The summed E-state index contributed by atoms with van der Waals surface area (Å²) in [6.45, 7) is 7.68. The molecule has 0 aromatic carbocycles. The van der Waals surface area contributed by atoms with E-state index in [-0.39, 0.29) is 5.91 Å². The predicted octanol–water partition coefficient (Wildman–Crippen LogP) is 3.34. The minimum absolute atomic E-state index is 0.0900. The Balaban J connectivity index is 1.99. The van der Waals surface area contributed by atoms with Crippen LogP contribution in [-0.4, -0.2) is 43.4 Å². The van der Waals surface area contributed by atoms with E-state index in [4.69, 9.17) is 14.2 Å². The molecule has 6 nitrogen and oxygen atoms in total. The molecule has 0 saturated heterocycles. The Bertz CT molecular complexity index is 579. The van der Waals surface area contributed by atoms with Crippen LogP contribution < -0.4 is 10.1 Å². The zero-order chi connectivity index (χ0) is 18.3. The highest BCUT2D eigenvalue weighted by atomic mass is 16.5. The number of carbonyl (C=O) groups is 1. The maximum Gasteiger partial charge on any atom is 0.256 e. The van der Waals surface area contributed by atoms with E-state index < -0.39 is 5.60 Å². The highest BCUT2D eigenvalue weighted by Crippen LogP contribution is 2.35. The molecule has 0 radical (unpaired) electrons. The number of nitrogens with zero attached hydrogens (tertiary/aromatic N) is 1. The molecule has 1 fully saturated rings. The van der Waals surface area contributed by atoms with Crippen LogP contribution in [0.1, 0.15) is 45.1 Å². The molecule has 1 aromatic heterocycles. The molecule has 1 aromatic rings. The number of ether oxygens (including phenoxy) is 3. The van der Waals surface area contributed by atoms with Crippen molar-refractivity contribution in [1.82, 2.24) is 4.98 Å². The van der Waals surface area contributed by atoms with E-state index >= 15 is 0 Å². The zero-order valence-electron chi connectivity index (χ0n) is 15.8. The summed E-state index contributed by atoms with van der Waals surface area (Å²) in [6.07, 6.45) is 5.28. The average Bonchev–Trinajstić information content (AvgIpc) is 2.60. The van der Waals surface area contributed by atoms with Gasteiger partial charge in [-0.25, -0.2) is 4.98 Å². The van der Waals surface area contributed by atoms with Crippen molar-refractivity contribution in [1.29, 1.82) is 0 Å². The van der Waals surface area contributed by atoms with Crippen molar-refractivity contribution in [3.63, 3.8) is 0 Å². The van der Waals surface area contributed by atoms with Crippen LogP contribution >= 0.6 is 0 Å². The van der Waals surface area contributed by atoms with Crippen LogP contribution in [0, 0.1) is 12.8 Å². The van der Waals surface area contributed by atoms with E-state index in [9.17, 15) is 4.79 Å². The number of nitrogens with one attached hydrogen (secondary N) is 1. The fraction of sp³-hybridized carbons (Fsp3) is 0.684. The van der Waals surface area contributed by atoms with Gasteiger partial charge in [0.05, 0.1) is 18.5 Å². The van der Waals surface area contributed by atoms with Crippen LogP contribution in [0.25, 0.3) is 0 Å². The smallest absolute Gasteiger partial charge is 0.256 e. The Labute approximate surface area is 150 Å². The largest absolute Gasteiger partial charge is 0.475 e. The monoisotopic (exact) mass is 350 g/mol. The maximum atomic E-state index is 12.8. The summed E-state index contributed by atoms with van der Waals surface area (Å²) >= 11 is 0. The molecule has 1 aliphatic carbocycles. The Morgan fingerprint density at radius 1 is 1.44 bits per heavy atom. The third-order valence-corrected chi connectivity index (χ3v) is 4.72. The second-order valence-electron chi connectivity index (χ2n) is 6.75. The summed E-state index contributed by atoms with van der Waals surface area (Å²) < 4.78 is 16.5. The van der Waals surface area contributed by atoms with Gasteiger partial charge >= 0.3 is 0 Å². The zero-order valence-corrected chi connectivity index (χ0v) is 15.8. The molecular weight excluding hydrogens is 320 g/mol. The first kappa shape index (κ1) is 19.7. The summed E-state index contributed by atoms with van der Waals surface area (Å²) in [5.41, 5.74) is 0.796. The van der Waals surface area contributed by atoms with Gasteiger partial charge in [-0.15, -0.1) is 0 Å². The number of hydrogen-bond acceptors (Lipinski definition) is 5. The third kappa shape index (κ3) is 5.16. The normalized spacial score (nSPS) is 23.3. The van der Waals surface area contributed by atoms with Crippen molar-refractivity contribution in [2.75, 3.05) is 32.2 Å². The van der Waals surface area contributed by atoms with Crippen LogP contribution in [0.4, 0.5) is 5.69 Å². The van der Waals surface area contributed by atoms with Crippen LogP contribution in [-0.2, 0) is 14.3 Å². The van der Waals surface area contributed by atoms with E-state index in [1.54, 1.807) is 13.3 Å². The minimum Gasteiger partial charge on any atom is -0.475 e. The van der Waals surface area contributed by atoms with Gasteiger partial charge < -0.3 is 19.5 Å². The minimum atomic E-state index is -0.738. The van der Waals surface area contributed by atoms with Gasteiger partial charge in [0, 0.05) is 19.3 Å². The lowest BCUT2D eigenvalue weighted by atomic mass is 9.78. The first-order valence-corrected chi connectivity index (χ1v) is 9.04. The summed E-state index contributed by atoms with van der Waals surface area (Å²) in [5.74, 6) is 0.957. The second kappa shape index (κ2) is 9.15. The lowest BCUT2D eigenvalue weighted by Gasteiger charge is -2.37. The number of pyridine rings is 1. The lowest BCUT2D eigenvalue weighted by Crippen LogP contribution is -2.47. The molecule has 2 atom stereocenters. The number of methoxy groups -OCH3 is 1. The fourth-order valence-electron chi connectivity index (χ4n) is 3.36. The van der Waals surface area contributed by atoms with Gasteiger partial charge in [-0.1, -0.05) is 13.3 Å². The van der Waals surface area contributed by atoms with Gasteiger partial charge in [0.2, 0.25) is 5.88 Å². The van der Waals surface area contributed by atoms with Crippen LogP contribution in [0.2, 0.25) is 0 Å². The Hall–Kier alpha value is -1.66. The van der Waals surface area contributed by atoms with Crippen molar-refractivity contribution in [3.05, 3.63) is 17.8 Å². The molecular formula is C19H30N2O4. The summed E-state index contributed by atoms with van der Waals surface area (Å²) in [5, 5.41) is 2.96.